The largest absolute Gasteiger partial charge is 0.508 e. The van der Waals surface area contributed by atoms with Gasteiger partial charge in [0, 0.05) is 38.2 Å². The zero-order valence-corrected chi connectivity index (χ0v) is 91.2. The fourth-order valence-electron chi connectivity index (χ4n) is 12.5. The number of aryl methyl sites for hydroxylation is 18. The van der Waals surface area contributed by atoms with E-state index in [0.29, 0.717) is 167 Å². The molecule has 0 bridgehead atoms. The van der Waals surface area contributed by atoms with E-state index in [9.17, 15) is 34.2 Å². The average Bonchev–Trinajstić information content (AvgIpc) is 0.808. The fraction of sp³-hybridized carbons (Fsp3) is 0.417. The van der Waals surface area contributed by atoms with Crippen molar-refractivity contribution in [1.82, 2.24) is 0 Å². The van der Waals surface area contributed by atoms with Crippen molar-refractivity contribution in [3.63, 3.8) is 0 Å². The summed E-state index contributed by atoms with van der Waals surface area (Å²) in [6.07, 6.45) is 5.19. The molecule has 0 aromatic heterocycles. The van der Waals surface area contributed by atoms with Gasteiger partial charge in [-0.1, -0.05) is 199 Å². The molecule has 10 rings (SSSR count). The number of aromatic carboxylic acids is 2. The SMILES string of the molecule is C=C(C)OOC(=C)C.CCC(=O)OCCc1cc(C)ccc1C.COCCOCCOCCOc1cc(C)ccc1C.COCCOCCOCCc1cc(C)ccc1C.Cc1ccc(-c2ccc(C)c(O)c2)c(C(=O)O)c1.Cc1ccc(C)c(C(=O)O)c1.Cc1ccc(C)c(C=O)c1.Cc1ccc(C)c(C=O)c1.Cc1ccc(C)c(CCOCCOCCO)c1.Cc1ccc(C)c(OCCOCCOCCO)c1.O=C=O. The molecule has 0 unspecified atom stereocenters. The number of hydrogen-bond donors (Lipinski definition) is 5. The molecule has 806 valence electrons. The first kappa shape index (κ1) is 134. The zero-order valence-electron chi connectivity index (χ0n) is 91.2. The molecule has 0 aliphatic rings. The molecule has 0 heterocycles. The number of allylic oxidation sites excluding steroid dienone is 2. The van der Waals surface area contributed by atoms with Gasteiger partial charge in [0.05, 0.1) is 150 Å². The number of phenols is 1. The Kier molecular flexibility index (Phi) is 76.2. The molecule has 0 saturated heterocycles. The molecule has 27 heteroatoms. The van der Waals surface area contributed by atoms with E-state index in [2.05, 4.69) is 144 Å². The third-order valence-corrected chi connectivity index (χ3v) is 20.9. The van der Waals surface area contributed by atoms with E-state index in [1.165, 1.54) is 61.2 Å². The van der Waals surface area contributed by atoms with Gasteiger partial charge >= 0.3 is 24.1 Å². The lowest BCUT2D eigenvalue weighted by Gasteiger charge is -2.10. The van der Waals surface area contributed by atoms with Gasteiger partial charge < -0.3 is 87.1 Å². The maximum Gasteiger partial charge on any atom is 0.373 e. The Bertz CT molecular complexity index is 5300. The van der Waals surface area contributed by atoms with Crippen LogP contribution < -0.4 is 9.47 Å². The van der Waals surface area contributed by atoms with Gasteiger partial charge in [0.2, 0.25) is 0 Å². The van der Waals surface area contributed by atoms with Crippen LogP contribution in [-0.2, 0) is 95.5 Å². The Morgan fingerprint density at radius 1 is 0.320 bits per heavy atom. The number of aliphatic hydroxyl groups is 2. The monoisotopic (exact) mass is 2040 g/mol. The number of carboxylic acids is 2. The van der Waals surface area contributed by atoms with E-state index in [0.717, 1.165) is 117 Å². The summed E-state index contributed by atoms with van der Waals surface area (Å²) < 4.78 is 68.7. The summed E-state index contributed by atoms with van der Waals surface area (Å²) in [5.74, 6) is 1.11. The summed E-state index contributed by atoms with van der Waals surface area (Å²) in [5.41, 5.74) is 27.7. The molecule has 0 aliphatic carbocycles. The van der Waals surface area contributed by atoms with Crippen LogP contribution in [0.5, 0.6) is 17.2 Å². The van der Waals surface area contributed by atoms with E-state index in [1.54, 1.807) is 79.2 Å². The van der Waals surface area contributed by atoms with E-state index < -0.39 is 11.9 Å². The van der Waals surface area contributed by atoms with Crippen LogP contribution in [-0.4, -0.2) is 228 Å². The number of ether oxygens (including phenoxy) is 13. The van der Waals surface area contributed by atoms with E-state index in [4.69, 9.17) is 86.5 Å². The van der Waals surface area contributed by atoms with E-state index in [-0.39, 0.29) is 36.6 Å². The first-order valence-electron chi connectivity index (χ1n) is 48.9. The predicted molar refractivity (Wildman–Crippen MR) is 580 cm³/mol. The van der Waals surface area contributed by atoms with Crippen LogP contribution in [0.2, 0.25) is 0 Å². The van der Waals surface area contributed by atoms with Gasteiger partial charge in [-0.25, -0.2) is 9.59 Å². The molecule has 147 heavy (non-hydrogen) atoms. The highest BCUT2D eigenvalue weighted by atomic mass is 17.2. The Hall–Kier alpha value is -12.7. The van der Waals surface area contributed by atoms with Crippen LogP contribution in [0, 0.1) is 125 Å². The predicted octanol–water partition coefficient (Wildman–Crippen LogP) is 22.3. The lowest BCUT2D eigenvalue weighted by atomic mass is 9.97. The maximum absolute atomic E-state index is 11.2. The molecule has 0 fully saturated rings. The molecular formula is C120H164O27. The van der Waals surface area contributed by atoms with Crippen LogP contribution in [0.3, 0.4) is 0 Å². The number of carbonyl (C=O) groups is 5. The summed E-state index contributed by atoms with van der Waals surface area (Å²) in [7, 11) is 3.33. The molecule has 0 aliphatic heterocycles. The Morgan fingerprint density at radius 2 is 0.599 bits per heavy atom. The highest BCUT2D eigenvalue weighted by Crippen LogP contribution is 2.30. The number of benzene rings is 10. The third-order valence-electron chi connectivity index (χ3n) is 20.9. The van der Waals surface area contributed by atoms with Gasteiger partial charge in [0.1, 0.15) is 54.6 Å². The zero-order chi connectivity index (χ0) is 110. The van der Waals surface area contributed by atoms with Crippen LogP contribution in [0.4, 0.5) is 0 Å². The standard InChI is InChI=1S/C15H24O4.C15H14O3.C15H24O3.C14H22O4.C14H22O3.C13H18O2.C9H10O2.2C9H10O.C6H10O2.CO2/c1-13-4-5-14(2)15(12-13)19-11-10-18-9-8-17-7-6-16-3;1-9-3-6-12(13(7-9)15(17)18)11-5-4-10(2)14(16)8-11;1-13-4-5-14(2)15(12-13)6-7-17-10-11-18-9-8-16-3;1-12-3-4-13(2)14(11-12)18-10-9-17-8-7-16-6-5-15;1-12-3-4-13(2)14(11-12)5-7-16-9-10-17-8-6-15;1-4-13(14)15-8-7-12-9-10(2)5-6-11(12)3;1-6-3-4-7(2)8(5-6)9(10)11;2*1-7-3-4-8(2)9(5-7)6-10;1-5(2)7-8-6(3)4;2-1-3/h4-5,12H,6-11H2,1-3H3;3-8,16H,1-2H3,(H,17,18);4-5,12H,6-11H2,1-3H3;3-4,11,15H,5-10H2,1-2H3;3-4,11,15H,5-10H2,1-2H3;5-6,9H,4,7-8H2,1-3H3;3-5H,1-2H3,(H,10,11);2*3-6H,1-2H3;1,3H2,2,4H3;. The number of methoxy groups -OCH3 is 2. The molecule has 10 aromatic carbocycles. The summed E-state index contributed by atoms with van der Waals surface area (Å²) in [6.45, 7) is 60.2. The summed E-state index contributed by atoms with van der Waals surface area (Å²) in [6, 6.07) is 59.2. The van der Waals surface area contributed by atoms with Gasteiger partial charge in [0.25, 0.3) is 0 Å². The summed E-state index contributed by atoms with van der Waals surface area (Å²) in [4.78, 5) is 78.8. The molecule has 10 aromatic rings. The van der Waals surface area contributed by atoms with E-state index >= 15 is 0 Å². The smallest absolute Gasteiger partial charge is 0.373 e. The number of esters is 1. The summed E-state index contributed by atoms with van der Waals surface area (Å²) in [5, 5.41) is 44.6. The highest BCUT2D eigenvalue weighted by molar-refractivity contribution is 5.96. The topological polar surface area (TPSA) is 359 Å². The minimum Gasteiger partial charge on any atom is -0.508 e. The number of aromatic hydroxyl groups is 1. The van der Waals surface area contributed by atoms with Crippen LogP contribution in [0.15, 0.2) is 207 Å². The normalized spacial score (nSPS) is 10.0. The van der Waals surface area contributed by atoms with Gasteiger partial charge in [-0.2, -0.15) is 9.59 Å². The molecule has 5 N–H and O–H groups in total. The van der Waals surface area contributed by atoms with Crippen molar-refractivity contribution in [3.8, 4) is 28.4 Å². The average molecular weight is 2040 g/mol. The third kappa shape index (κ3) is 66.2. The first-order chi connectivity index (χ1) is 70.2. The fourth-order valence-corrected chi connectivity index (χ4v) is 12.5. The first-order valence-corrected chi connectivity index (χ1v) is 48.9. The molecule has 0 spiro atoms. The maximum atomic E-state index is 11.2. The second-order valence-corrected chi connectivity index (χ2v) is 34.3. The Balaban J connectivity index is 0.00000162. The molecule has 0 amide bonds. The van der Waals surface area contributed by atoms with Crippen molar-refractivity contribution in [3.05, 3.63) is 346 Å². The number of phenolic OH excluding ortho intramolecular Hbond substituents is 1. The second-order valence-electron chi connectivity index (χ2n) is 34.3. The quantitative estimate of drug-likeness (QED) is 0.00590. The van der Waals surface area contributed by atoms with Gasteiger partial charge in [-0.05, 0) is 283 Å². The number of aldehydes is 2. The summed E-state index contributed by atoms with van der Waals surface area (Å²) >= 11 is 0. The molecule has 0 radical (unpaired) electrons. The van der Waals surface area contributed by atoms with Crippen LogP contribution >= 0.6 is 0 Å². The van der Waals surface area contributed by atoms with Crippen LogP contribution in [0.25, 0.3) is 11.1 Å². The highest BCUT2D eigenvalue weighted by Gasteiger charge is 2.15. The van der Waals surface area contributed by atoms with Gasteiger partial charge in [-0.15, -0.1) is 0 Å². The number of carboxylic acid groups (broad SMARTS) is 2. The minimum atomic E-state index is -0.964. The molecule has 0 saturated carbocycles. The molecule has 0 atom stereocenters. The van der Waals surface area contributed by atoms with Crippen molar-refractivity contribution in [2.45, 2.75) is 171 Å². The lowest BCUT2D eigenvalue weighted by molar-refractivity contribution is -0.223. The number of aliphatic hydroxyl groups excluding tert-OH is 2. The molecular weight excluding hydrogens is 1870 g/mol. The van der Waals surface area contributed by atoms with E-state index in [1.807, 2.05) is 141 Å². The van der Waals surface area contributed by atoms with Crippen molar-refractivity contribution in [2.75, 3.05) is 166 Å². The van der Waals surface area contributed by atoms with Crippen molar-refractivity contribution in [2.24, 2.45) is 0 Å². The van der Waals surface area contributed by atoms with Crippen molar-refractivity contribution in [1.29, 1.82) is 0 Å². The number of carbonyl (C=O) groups excluding carboxylic acids is 5. The molecule has 27 nitrogen and oxygen atoms in total. The second kappa shape index (κ2) is 83.4. The lowest BCUT2D eigenvalue weighted by Crippen LogP contribution is -2.12. The Morgan fingerprint density at radius 3 is 0.912 bits per heavy atom. The van der Waals surface area contributed by atoms with Gasteiger partial charge in [-0.3, -0.25) is 24.2 Å². The minimum absolute atomic E-state index is 0.0513. The van der Waals surface area contributed by atoms with Gasteiger partial charge in [0.15, 0.2) is 0 Å². The van der Waals surface area contributed by atoms with Crippen LogP contribution in [0.1, 0.15) is 185 Å². The van der Waals surface area contributed by atoms with Crippen molar-refractivity contribution >= 4 is 36.6 Å². The number of rotatable bonds is 48. The number of hydrogen-bond acceptors (Lipinski definition) is 25. The Labute approximate surface area is 873 Å². The van der Waals surface area contributed by atoms with Crippen molar-refractivity contribution < 1.29 is 130 Å².